The van der Waals surface area contributed by atoms with Gasteiger partial charge in [-0.15, -0.1) is 0 Å². The fourth-order valence-corrected chi connectivity index (χ4v) is 3.61. The van der Waals surface area contributed by atoms with Gasteiger partial charge in [0.25, 0.3) is 5.56 Å². The number of carbonyl (C=O) groups excluding carboxylic acids is 2. The summed E-state index contributed by atoms with van der Waals surface area (Å²) in [5, 5.41) is 5.78. The molecule has 1 heterocycles. The van der Waals surface area contributed by atoms with E-state index in [9.17, 15) is 14.4 Å². The summed E-state index contributed by atoms with van der Waals surface area (Å²) in [6, 6.07) is 11.5. The molecule has 3 rings (SSSR count). The molecular weight excluding hydrogens is 378 g/mol. The van der Waals surface area contributed by atoms with Crippen LogP contribution in [0.5, 0.6) is 0 Å². The van der Waals surface area contributed by atoms with Gasteiger partial charge in [-0.05, 0) is 29.3 Å². The van der Waals surface area contributed by atoms with Crippen molar-refractivity contribution in [3.05, 3.63) is 46.8 Å². The van der Waals surface area contributed by atoms with Crippen LogP contribution in [0.1, 0.15) is 12.8 Å². The summed E-state index contributed by atoms with van der Waals surface area (Å²) in [4.78, 5) is 40.3. The number of methoxy groups -OCH3 is 1. The summed E-state index contributed by atoms with van der Waals surface area (Å²) in [7, 11) is 2.99. The Labute approximate surface area is 166 Å². The average Bonchev–Trinajstić information content (AvgIpc) is 2.71. The molecule has 3 aromatic rings. The third kappa shape index (κ3) is 4.51. The number of rotatable bonds is 7. The largest absolute Gasteiger partial charge is 0.469 e. The smallest absolute Gasteiger partial charge is 0.305 e. The SMILES string of the molecule is COC(=O)CCCNC(=O)CSc1nc2cc3ccccc3cc2c(=O)n1C. The number of benzene rings is 2. The number of nitrogens with zero attached hydrogens (tertiary/aromatic N) is 2. The number of esters is 1. The van der Waals surface area contributed by atoms with E-state index >= 15 is 0 Å². The van der Waals surface area contributed by atoms with Crippen LogP contribution in [0.3, 0.4) is 0 Å². The monoisotopic (exact) mass is 399 g/mol. The van der Waals surface area contributed by atoms with Gasteiger partial charge < -0.3 is 10.1 Å². The summed E-state index contributed by atoms with van der Waals surface area (Å²) < 4.78 is 6.02. The molecule has 0 unspecified atom stereocenters. The minimum Gasteiger partial charge on any atom is -0.469 e. The summed E-state index contributed by atoms with van der Waals surface area (Å²) >= 11 is 1.21. The van der Waals surface area contributed by atoms with Crippen molar-refractivity contribution in [1.29, 1.82) is 0 Å². The van der Waals surface area contributed by atoms with Crippen molar-refractivity contribution >= 4 is 45.3 Å². The molecule has 0 aliphatic rings. The normalized spacial score (nSPS) is 10.9. The summed E-state index contributed by atoms with van der Waals surface area (Å²) in [5.74, 6) is -0.341. The molecule has 0 spiro atoms. The third-order valence-corrected chi connectivity index (χ3v) is 5.37. The van der Waals surface area contributed by atoms with E-state index in [4.69, 9.17) is 0 Å². The zero-order valence-corrected chi connectivity index (χ0v) is 16.5. The van der Waals surface area contributed by atoms with E-state index in [0.29, 0.717) is 29.0 Å². The highest BCUT2D eigenvalue weighted by Gasteiger charge is 2.12. The molecule has 28 heavy (non-hydrogen) atoms. The Hall–Kier alpha value is -2.87. The Kier molecular flexibility index (Phi) is 6.30. The number of hydrogen-bond donors (Lipinski definition) is 1. The number of aromatic nitrogens is 2. The molecule has 0 fully saturated rings. The van der Waals surface area contributed by atoms with Gasteiger partial charge in [-0.2, -0.15) is 0 Å². The maximum atomic E-state index is 12.7. The lowest BCUT2D eigenvalue weighted by Crippen LogP contribution is -2.27. The van der Waals surface area contributed by atoms with Crippen LogP contribution in [-0.4, -0.2) is 40.8 Å². The number of fused-ring (bicyclic) bond motifs is 2. The Morgan fingerprint density at radius 3 is 2.64 bits per heavy atom. The van der Waals surface area contributed by atoms with Crippen LogP contribution in [-0.2, 0) is 21.4 Å². The van der Waals surface area contributed by atoms with E-state index in [1.54, 1.807) is 7.05 Å². The predicted octanol–water partition coefficient (Wildman–Crippen LogP) is 2.25. The summed E-state index contributed by atoms with van der Waals surface area (Å²) in [5.41, 5.74) is 0.472. The second-order valence-electron chi connectivity index (χ2n) is 6.29. The third-order valence-electron chi connectivity index (χ3n) is 4.34. The standard InChI is InChI=1S/C20H21N3O4S/c1-23-19(26)15-10-13-6-3-4-7-14(13)11-16(15)22-20(23)28-12-17(24)21-9-5-8-18(25)27-2/h3-4,6-7,10-11H,5,8-9,12H2,1-2H3,(H,21,24). The molecular formula is C20H21N3O4S. The van der Waals surface area contributed by atoms with Crippen molar-refractivity contribution in [1.82, 2.24) is 14.9 Å². The zero-order chi connectivity index (χ0) is 20.1. The molecule has 0 atom stereocenters. The first kappa shape index (κ1) is 19.9. The average molecular weight is 399 g/mol. The second kappa shape index (κ2) is 8.88. The highest BCUT2D eigenvalue weighted by molar-refractivity contribution is 7.99. The maximum Gasteiger partial charge on any atom is 0.305 e. The first-order chi connectivity index (χ1) is 13.5. The predicted molar refractivity (Wildman–Crippen MR) is 109 cm³/mol. The first-order valence-electron chi connectivity index (χ1n) is 8.85. The highest BCUT2D eigenvalue weighted by atomic mass is 32.2. The van der Waals surface area contributed by atoms with Crippen LogP contribution >= 0.6 is 11.8 Å². The Morgan fingerprint density at radius 1 is 1.21 bits per heavy atom. The topological polar surface area (TPSA) is 90.3 Å². The molecule has 0 aliphatic carbocycles. The minimum atomic E-state index is -0.300. The highest BCUT2D eigenvalue weighted by Crippen LogP contribution is 2.22. The molecule has 7 nitrogen and oxygen atoms in total. The van der Waals surface area contributed by atoms with Crippen molar-refractivity contribution in [2.45, 2.75) is 18.0 Å². The molecule has 1 N–H and O–H groups in total. The van der Waals surface area contributed by atoms with Crippen molar-refractivity contribution < 1.29 is 14.3 Å². The molecule has 1 aromatic heterocycles. The van der Waals surface area contributed by atoms with Gasteiger partial charge in [-0.3, -0.25) is 19.0 Å². The fraction of sp³-hybridized carbons (Fsp3) is 0.300. The lowest BCUT2D eigenvalue weighted by Gasteiger charge is -2.10. The minimum absolute atomic E-state index is 0.137. The van der Waals surface area contributed by atoms with Crippen LogP contribution in [0, 0.1) is 0 Å². The van der Waals surface area contributed by atoms with E-state index in [2.05, 4.69) is 15.0 Å². The molecule has 0 saturated carbocycles. The van der Waals surface area contributed by atoms with Crippen molar-refractivity contribution in [3.63, 3.8) is 0 Å². The fourth-order valence-electron chi connectivity index (χ4n) is 2.81. The van der Waals surface area contributed by atoms with Crippen molar-refractivity contribution in [3.8, 4) is 0 Å². The van der Waals surface area contributed by atoms with E-state index in [1.165, 1.54) is 23.4 Å². The number of nitrogens with one attached hydrogen (secondary N) is 1. The molecule has 2 aromatic carbocycles. The maximum absolute atomic E-state index is 12.7. The Bertz CT molecular complexity index is 1090. The van der Waals surface area contributed by atoms with Crippen molar-refractivity contribution in [2.24, 2.45) is 7.05 Å². The van der Waals surface area contributed by atoms with Crippen LogP contribution < -0.4 is 10.9 Å². The van der Waals surface area contributed by atoms with Crippen LogP contribution in [0.4, 0.5) is 0 Å². The number of thioether (sulfide) groups is 1. The Morgan fingerprint density at radius 2 is 1.93 bits per heavy atom. The molecule has 1 amide bonds. The van der Waals surface area contributed by atoms with Crippen LogP contribution in [0.15, 0.2) is 46.3 Å². The quantitative estimate of drug-likeness (QED) is 0.215. The van der Waals surface area contributed by atoms with Gasteiger partial charge in [0, 0.05) is 20.0 Å². The number of amides is 1. The number of ether oxygens (including phenoxy) is 1. The lowest BCUT2D eigenvalue weighted by molar-refractivity contribution is -0.140. The van der Waals surface area contributed by atoms with Gasteiger partial charge in [0.05, 0.1) is 23.8 Å². The van der Waals surface area contributed by atoms with E-state index in [0.717, 1.165) is 10.8 Å². The second-order valence-corrected chi connectivity index (χ2v) is 7.24. The van der Waals surface area contributed by atoms with Gasteiger partial charge in [-0.1, -0.05) is 36.0 Å². The first-order valence-corrected chi connectivity index (χ1v) is 9.84. The van der Waals surface area contributed by atoms with E-state index in [1.807, 2.05) is 36.4 Å². The summed E-state index contributed by atoms with van der Waals surface area (Å²) in [6.45, 7) is 0.393. The zero-order valence-electron chi connectivity index (χ0n) is 15.7. The molecule has 0 aliphatic heterocycles. The van der Waals surface area contributed by atoms with Gasteiger partial charge in [-0.25, -0.2) is 4.98 Å². The van der Waals surface area contributed by atoms with Crippen LogP contribution in [0.25, 0.3) is 21.7 Å². The van der Waals surface area contributed by atoms with E-state index in [-0.39, 0.29) is 29.6 Å². The van der Waals surface area contributed by atoms with Crippen molar-refractivity contribution in [2.75, 3.05) is 19.4 Å². The summed E-state index contributed by atoms with van der Waals surface area (Å²) in [6.07, 6.45) is 0.779. The van der Waals surface area contributed by atoms with Gasteiger partial charge in [0.2, 0.25) is 5.91 Å². The van der Waals surface area contributed by atoms with Gasteiger partial charge in [0.15, 0.2) is 5.16 Å². The molecule has 0 radical (unpaired) electrons. The van der Waals surface area contributed by atoms with Gasteiger partial charge in [0.1, 0.15) is 0 Å². The number of hydrogen-bond acceptors (Lipinski definition) is 6. The van der Waals surface area contributed by atoms with Crippen LogP contribution in [0.2, 0.25) is 0 Å². The molecule has 146 valence electrons. The lowest BCUT2D eigenvalue weighted by atomic mass is 10.1. The molecule has 8 heteroatoms. The molecule has 0 saturated heterocycles. The number of carbonyl (C=O) groups is 2. The van der Waals surface area contributed by atoms with Gasteiger partial charge >= 0.3 is 5.97 Å². The Balaban J connectivity index is 1.70. The van der Waals surface area contributed by atoms with E-state index < -0.39 is 0 Å². The molecule has 0 bridgehead atoms.